The van der Waals surface area contributed by atoms with Crippen LogP contribution in [0.3, 0.4) is 0 Å². The van der Waals surface area contributed by atoms with Gasteiger partial charge in [-0.25, -0.2) is 15.0 Å². The van der Waals surface area contributed by atoms with Gasteiger partial charge in [-0.2, -0.15) is 0 Å². The summed E-state index contributed by atoms with van der Waals surface area (Å²) in [5, 5.41) is 5.26. The Labute approximate surface area is 98.8 Å². The van der Waals surface area contributed by atoms with E-state index in [1.165, 1.54) is 0 Å². The van der Waals surface area contributed by atoms with Crippen molar-refractivity contribution in [2.24, 2.45) is 0 Å². The van der Waals surface area contributed by atoms with Gasteiger partial charge in [0.15, 0.2) is 0 Å². The van der Waals surface area contributed by atoms with Crippen molar-refractivity contribution in [1.82, 2.24) is 15.0 Å². The fraction of sp³-hybridized carbons (Fsp3) is 0.364. The van der Waals surface area contributed by atoms with Crippen molar-refractivity contribution in [1.29, 1.82) is 0 Å². The Morgan fingerprint density at radius 1 is 1.31 bits per heavy atom. The first kappa shape index (κ1) is 11.0. The van der Waals surface area contributed by atoms with Crippen LogP contribution in [0.4, 0.5) is 5.82 Å². The van der Waals surface area contributed by atoms with Gasteiger partial charge in [-0.15, -0.1) is 11.3 Å². The maximum atomic E-state index is 4.22. The van der Waals surface area contributed by atoms with Crippen LogP contribution in [0.25, 0.3) is 0 Å². The number of hydrogen-bond acceptors (Lipinski definition) is 5. The summed E-state index contributed by atoms with van der Waals surface area (Å²) >= 11 is 1.60. The second kappa shape index (κ2) is 5.03. The van der Waals surface area contributed by atoms with E-state index in [9.17, 15) is 0 Å². The van der Waals surface area contributed by atoms with Crippen LogP contribution in [0.5, 0.6) is 0 Å². The highest BCUT2D eigenvalue weighted by atomic mass is 32.1. The molecular weight excluding hydrogens is 220 g/mol. The molecule has 2 aromatic rings. The Kier molecular flexibility index (Phi) is 3.46. The number of anilines is 1. The summed E-state index contributed by atoms with van der Waals surface area (Å²) in [5.74, 6) is 1.27. The Morgan fingerprint density at radius 3 is 2.88 bits per heavy atom. The maximum Gasteiger partial charge on any atom is 0.129 e. The van der Waals surface area contributed by atoms with Crippen LogP contribution in [0.1, 0.15) is 31.2 Å². The predicted molar refractivity (Wildman–Crippen MR) is 65.6 cm³/mol. The number of nitrogens with zero attached hydrogens (tertiary/aromatic N) is 3. The summed E-state index contributed by atoms with van der Waals surface area (Å²) < 4.78 is 0. The molecule has 0 spiro atoms. The third-order valence-electron chi connectivity index (χ3n) is 2.21. The summed E-state index contributed by atoms with van der Waals surface area (Å²) in [7, 11) is 0. The molecule has 16 heavy (non-hydrogen) atoms. The molecule has 0 fully saturated rings. The molecule has 0 radical (unpaired) electrons. The van der Waals surface area contributed by atoms with Gasteiger partial charge in [0.2, 0.25) is 0 Å². The van der Waals surface area contributed by atoms with Crippen LogP contribution in [-0.4, -0.2) is 15.0 Å². The van der Waals surface area contributed by atoms with E-state index in [-0.39, 0.29) is 0 Å². The number of hydrogen-bond donors (Lipinski definition) is 1. The molecule has 0 aromatic carbocycles. The molecule has 2 heterocycles. The van der Waals surface area contributed by atoms with Gasteiger partial charge < -0.3 is 5.32 Å². The lowest BCUT2D eigenvalue weighted by Gasteiger charge is -2.07. The average molecular weight is 234 g/mol. The monoisotopic (exact) mass is 234 g/mol. The highest BCUT2D eigenvalue weighted by Crippen LogP contribution is 2.14. The summed E-state index contributed by atoms with van der Waals surface area (Å²) in [5.41, 5.74) is 3.92. The first-order valence-electron chi connectivity index (χ1n) is 5.18. The number of rotatable bonds is 4. The summed E-state index contributed by atoms with van der Waals surface area (Å²) in [4.78, 5) is 12.6. The lowest BCUT2D eigenvalue weighted by atomic mass is 10.1. The highest BCUT2D eigenvalue weighted by molar-refractivity contribution is 7.07. The van der Waals surface area contributed by atoms with Crippen molar-refractivity contribution in [2.45, 2.75) is 26.3 Å². The first-order chi connectivity index (χ1) is 7.75. The van der Waals surface area contributed by atoms with Crippen LogP contribution in [0, 0.1) is 0 Å². The molecule has 2 aromatic heterocycles. The van der Waals surface area contributed by atoms with E-state index in [1.807, 2.05) is 17.0 Å². The normalized spacial score (nSPS) is 10.7. The van der Waals surface area contributed by atoms with E-state index in [1.54, 1.807) is 17.7 Å². The van der Waals surface area contributed by atoms with Crippen LogP contribution in [0.2, 0.25) is 0 Å². The van der Waals surface area contributed by atoms with E-state index in [2.05, 4.69) is 34.1 Å². The Bertz CT molecular complexity index is 439. The minimum Gasteiger partial charge on any atom is -0.364 e. The van der Waals surface area contributed by atoms with E-state index in [4.69, 9.17) is 0 Å². The van der Waals surface area contributed by atoms with Crippen molar-refractivity contribution in [3.63, 3.8) is 0 Å². The number of nitrogens with one attached hydrogen (secondary N) is 1. The van der Waals surface area contributed by atoms with Crippen LogP contribution < -0.4 is 5.32 Å². The first-order valence-corrected chi connectivity index (χ1v) is 6.13. The molecule has 0 saturated carbocycles. The molecule has 0 unspecified atom stereocenters. The second-order valence-electron chi connectivity index (χ2n) is 3.82. The van der Waals surface area contributed by atoms with Crippen molar-refractivity contribution >= 4 is 17.2 Å². The fourth-order valence-electron chi connectivity index (χ4n) is 1.29. The molecule has 0 aliphatic carbocycles. The highest BCUT2D eigenvalue weighted by Gasteiger charge is 2.03. The van der Waals surface area contributed by atoms with Crippen molar-refractivity contribution in [2.75, 3.05) is 5.32 Å². The Balaban J connectivity index is 2.01. The average Bonchev–Trinajstić information content (AvgIpc) is 2.79. The maximum absolute atomic E-state index is 4.22. The molecular formula is C11H14N4S. The zero-order valence-corrected chi connectivity index (χ0v) is 10.2. The molecule has 1 N–H and O–H groups in total. The van der Waals surface area contributed by atoms with Crippen molar-refractivity contribution in [3.05, 3.63) is 34.7 Å². The van der Waals surface area contributed by atoms with Crippen molar-refractivity contribution in [3.8, 4) is 0 Å². The molecule has 5 heteroatoms. The minimum atomic E-state index is 0.419. The van der Waals surface area contributed by atoms with Gasteiger partial charge in [-0.1, -0.05) is 13.8 Å². The van der Waals surface area contributed by atoms with Crippen molar-refractivity contribution < 1.29 is 0 Å². The summed E-state index contributed by atoms with van der Waals surface area (Å²) in [6, 6.07) is 1.98. The van der Waals surface area contributed by atoms with E-state index < -0.39 is 0 Å². The van der Waals surface area contributed by atoms with Gasteiger partial charge in [0.25, 0.3) is 0 Å². The SMILES string of the molecule is CC(C)c1cc(NCc2cscn2)ncn1. The van der Waals surface area contributed by atoms with Crippen LogP contribution >= 0.6 is 11.3 Å². The number of thiazole rings is 1. The Morgan fingerprint density at radius 2 is 2.19 bits per heavy atom. The molecule has 84 valence electrons. The molecule has 0 saturated heterocycles. The second-order valence-corrected chi connectivity index (χ2v) is 4.53. The largest absolute Gasteiger partial charge is 0.364 e. The van der Waals surface area contributed by atoms with Crippen LogP contribution in [0.15, 0.2) is 23.3 Å². The van der Waals surface area contributed by atoms with E-state index in [0.29, 0.717) is 12.5 Å². The molecule has 2 rings (SSSR count). The molecule has 4 nitrogen and oxygen atoms in total. The fourth-order valence-corrected chi connectivity index (χ4v) is 1.85. The minimum absolute atomic E-state index is 0.419. The third kappa shape index (κ3) is 2.76. The lowest BCUT2D eigenvalue weighted by Crippen LogP contribution is -2.03. The third-order valence-corrected chi connectivity index (χ3v) is 2.85. The molecule has 0 bridgehead atoms. The molecule has 0 amide bonds. The zero-order valence-electron chi connectivity index (χ0n) is 9.34. The van der Waals surface area contributed by atoms with Gasteiger partial charge >= 0.3 is 0 Å². The summed E-state index contributed by atoms with van der Waals surface area (Å²) in [6.45, 7) is 4.94. The molecule has 0 aliphatic rings. The number of aromatic nitrogens is 3. The van der Waals surface area contributed by atoms with E-state index in [0.717, 1.165) is 17.2 Å². The lowest BCUT2D eigenvalue weighted by molar-refractivity contribution is 0.813. The van der Waals surface area contributed by atoms with Gasteiger partial charge in [0.1, 0.15) is 12.1 Å². The zero-order chi connectivity index (χ0) is 11.4. The van der Waals surface area contributed by atoms with Gasteiger partial charge in [-0.05, 0) is 5.92 Å². The van der Waals surface area contributed by atoms with Crippen LogP contribution in [-0.2, 0) is 6.54 Å². The topological polar surface area (TPSA) is 50.7 Å². The quantitative estimate of drug-likeness (QED) is 0.883. The molecule has 0 aliphatic heterocycles. The Hall–Kier alpha value is -1.49. The molecule has 0 atom stereocenters. The smallest absolute Gasteiger partial charge is 0.129 e. The van der Waals surface area contributed by atoms with Gasteiger partial charge in [0, 0.05) is 17.1 Å². The predicted octanol–water partition coefficient (Wildman–Crippen LogP) is 2.67. The summed E-state index contributed by atoms with van der Waals surface area (Å²) in [6.07, 6.45) is 1.60. The van der Waals surface area contributed by atoms with Gasteiger partial charge in [0.05, 0.1) is 17.7 Å². The van der Waals surface area contributed by atoms with Gasteiger partial charge in [-0.3, -0.25) is 0 Å². The van der Waals surface area contributed by atoms with E-state index >= 15 is 0 Å². The standard InChI is InChI=1S/C11H14N4S/c1-8(2)10-3-11(14-6-13-10)12-4-9-5-16-7-15-9/h3,5-8H,4H2,1-2H3,(H,12,13,14).